The van der Waals surface area contributed by atoms with Crippen LogP contribution in [-0.2, 0) is 4.74 Å². The van der Waals surface area contributed by atoms with Gasteiger partial charge in [-0.2, -0.15) is 0 Å². The predicted molar refractivity (Wildman–Crippen MR) is 79.2 cm³/mol. The summed E-state index contributed by atoms with van der Waals surface area (Å²) >= 11 is 6.21. The molecule has 0 bridgehead atoms. The molecule has 1 amide bonds. The highest BCUT2D eigenvalue weighted by atomic mass is 35.5. The molecule has 110 valence electrons. The summed E-state index contributed by atoms with van der Waals surface area (Å²) in [5, 5.41) is 0.456. The van der Waals surface area contributed by atoms with Gasteiger partial charge in [0.2, 0.25) is 5.91 Å². The lowest BCUT2D eigenvalue weighted by molar-refractivity contribution is 0.0439. The second kappa shape index (κ2) is 6.90. The number of carbonyl (C=O) groups excluding carboxylic acids is 1. The summed E-state index contributed by atoms with van der Waals surface area (Å²) in [5.74, 6) is 0.176. The molecule has 1 saturated heterocycles. The van der Waals surface area contributed by atoms with E-state index in [-0.39, 0.29) is 6.10 Å². The second-order valence-corrected chi connectivity index (χ2v) is 5.38. The molecule has 2 heterocycles. The summed E-state index contributed by atoms with van der Waals surface area (Å²) in [5.41, 5.74) is 5.55. The molecule has 1 aliphatic rings. The fourth-order valence-electron chi connectivity index (χ4n) is 2.35. The Morgan fingerprint density at radius 3 is 3.10 bits per heavy atom. The van der Waals surface area contributed by atoms with Gasteiger partial charge in [-0.25, -0.2) is 4.98 Å². The minimum atomic E-state index is -0.520. The zero-order chi connectivity index (χ0) is 14.5. The number of pyridine rings is 1. The maximum absolute atomic E-state index is 11.1. The van der Waals surface area contributed by atoms with Gasteiger partial charge in [-0.05, 0) is 25.3 Å². The van der Waals surface area contributed by atoms with Crippen molar-refractivity contribution in [3.05, 3.63) is 22.8 Å². The van der Waals surface area contributed by atoms with Crippen molar-refractivity contribution < 1.29 is 9.53 Å². The van der Waals surface area contributed by atoms with Crippen molar-refractivity contribution in [3.63, 3.8) is 0 Å². The van der Waals surface area contributed by atoms with Crippen LogP contribution in [0.25, 0.3) is 0 Å². The molecule has 2 N–H and O–H groups in total. The van der Waals surface area contributed by atoms with Gasteiger partial charge in [0.25, 0.3) is 0 Å². The number of nitrogens with zero attached hydrogens (tertiary/aromatic N) is 2. The van der Waals surface area contributed by atoms with E-state index in [0.717, 1.165) is 39.0 Å². The number of rotatable bonds is 5. The maximum Gasteiger partial charge on any atom is 0.250 e. The van der Waals surface area contributed by atoms with E-state index in [2.05, 4.69) is 16.8 Å². The first-order chi connectivity index (χ1) is 9.61. The largest absolute Gasteiger partial charge is 0.376 e. The highest BCUT2D eigenvalue weighted by Gasteiger charge is 2.23. The van der Waals surface area contributed by atoms with Crippen molar-refractivity contribution in [2.75, 3.05) is 24.6 Å². The lowest BCUT2D eigenvalue weighted by atomic mass is 10.1. The first-order valence-corrected chi connectivity index (χ1v) is 7.31. The minimum Gasteiger partial charge on any atom is -0.376 e. The zero-order valence-corrected chi connectivity index (χ0v) is 12.4. The van der Waals surface area contributed by atoms with Crippen molar-refractivity contribution in [2.45, 2.75) is 32.3 Å². The monoisotopic (exact) mass is 297 g/mol. The molecule has 0 saturated carbocycles. The molecule has 1 fully saturated rings. The third kappa shape index (κ3) is 3.61. The third-order valence-electron chi connectivity index (χ3n) is 3.34. The van der Waals surface area contributed by atoms with E-state index in [1.165, 1.54) is 6.20 Å². The number of primary amides is 1. The molecule has 0 aliphatic carbocycles. The fourth-order valence-corrected chi connectivity index (χ4v) is 2.64. The number of aromatic nitrogens is 1. The first-order valence-electron chi connectivity index (χ1n) is 6.93. The molecule has 6 heteroatoms. The highest BCUT2D eigenvalue weighted by Crippen LogP contribution is 2.27. The van der Waals surface area contributed by atoms with E-state index in [9.17, 15) is 4.79 Å². The van der Waals surface area contributed by atoms with Crippen molar-refractivity contribution in [3.8, 4) is 0 Å². The van der Waals surface area contributed by atoms with Gasteiger partial charge in [-0.3, -0.25) is 4.79 Å². The Hall–Kier alpha value is -1.33. The fraction of sp³-hybridized carbons (Fsp3) is 0.571. The molecule has 0 unspecified atom stereocenters. The SMILES string of the molecule is CCCO[C@@H]1CCCN(c2ncc(C(N)=O)cc2Cl)C1. The van der Waals surface area contributed by atoms with Crippen molar-refractivity contribution in [2.24, 2.45) is 5.73 Å². The van der Waals surface area contributed by atoms with Gasteiger partial charge in [0.1, 0.15) is 5.82 Å². The Morgan fingerprint density at radius 2 is 2.45 bits per heavy atom. The predicted octanol–water partition coefficient (Wildman–Crippen LogP) is 2.23. The lowest BCUT2D eigenvalue weighted by Gasteiger charge is -2.33. The van der Waals surface area contributed by atoms with E-state index in [1.54, 1.807) is 6.07 Å². The average molecular weight is 298 g/mol. The smallest absolute Gasteiger partial charge is 0.250 e. The van der Waals surface area contributed by atoms with Gasteiger partial charge >= 0.3 is 0 Å². The van der Waals surface area contributed by atoms with Crippen LogP contribution in [0.15, 0.2) is 12.3 Å². The number of nitrogens with two attached hydrogens (primary N) is 1. The van der Waals surface area contributed by atoms with Gasteiger partial charge in [0.05, 0.1) is 16.7 Å². The molecule has 1 atom stereocenters. The van der Waals surface area contributed by atoms with Gasteiger partial charge < -0.3 is 15.4 Å². The number of ether oxygens (including phenoxy) is 1. The minimum absolute atomic E-state index is 0.220. The molecule has 2 rings (SSSR count). The Labute approximate surface area is 124 Å². The molecular weight excluding hydrogens is 278 g/mol. The van der Waals surface area contributed by atoms with E-state index in [0.29, 0.717) is 16.4 Å². The van der Waals surface area contributed by atoms with E-state index in [1.807, 2.05) is 0 Å². The first kappa shape index (κ1) is 15.1. The maximum atomic E-state index is 11.1. The van der Waals surface area contributed by atoms with E-state index >= 15 is 0 Å². The van der Waals surface area contributed by atoms with Crippen molar-refractivity contribution in [1.29, 1.82) is 0 Å². The molecule has 1 aromatic heterocycles. The summed E-state index contributed by atoms with van der Waals surface area (Å²) < 4.78 is 5.80. The van der Waals surface area contributed by atoms with Gasteiger partial charge in [0.15, 0.2) is 0 Å². The van der Waals surface area contributed by atoms with Crippen LogP contribution >= 0.6 is 11.6 Å². The van der Waals surface area contributed by atoms with Crippen LogP contribution in [0.3, 0.4) is 0 Å². The molecule has 1 aromatic rings. The molecule has 1 aliphatic heterocycles. The highest BCUT2D eigenvalue weighted by molar-refractivity contribution is 6.33. The third-order valence-corrected chi connectivity index (χ3v) is 3.62. The number of amides is 1. The van der Waals surface area contributed by atoms with Crippen molar-refractivity contribution >= 4 is 23.3 Å². The second-order valence-electron chi connectivity index (χ2n) is 4.97. The Kier molecular flexibility index (Phi) is 5.20. The van der Waals surface area contributed by atoms with Crippen molar-refractivity contribution in [1.82, 2.24) is 4.98 Å². The average Bonchev–Trinajstić information content (AvgIpc) is 2.45. The van der Waals surface area contributed by atoms with Crippen LogP contribution in [0.4, 0.5) is 5.82 Å². The molecule has 0 aromatic carbocycles. The number of hydrogen-bond donors (Lipinski definition) is 1. The van der Waals surface area contributed by atoms with Crippen LogP contribution < -0.4 is 10.6 Å². The topological polar surface area (TPSA) is 68.4 Å². The quantitative estimate of drug-likeness (QED) is 0.905. The summed E-state index contributed by atoms with van der Waals surface area (Å²) in [4.78, 5) is 17.5. The van der Waals surface area contributed by atoms with E-state index in [4.69, 9.17) is 22.1 Å². The number of halogens is 1. The van der Waals surface area contributed by atoms with Crippen LogP contribution in [0, 0.1) is 0 Å². The van der Waals surface area contributed by atoms with Crippen LogP contribution in [0.1, 0.15) is 36.5 Å². The lowest BCUT2D eigenvalue weighted by Crippen LogP contribution is -2.40. The summed E-state index contributed by atoms with van der Waals surface area (Å²) in [6.45, 7) is 4.55. The number of carbonyl (C=O) groups is 1. The molecule has 0 spiro atoms. The van der Waals surface area contributed by atoms with Gasteiger partial charge in [0, 0.05) is 25.9 Å². The molecule has 5 nitrogen and oxygen atoms in total. The Morgan fingerprint density at radius 1 is 1.65 bits per heavy atom. The van der Waals surface area contributed by atoms with Crippen LogP contribution in [0.5, 0.6) is 0 Å². The summed E-state index contributed by atoms with van der Waals surface area (Å²) in [6.07, 6.45) is 4.82. The Bertz CT molecular complexity index is 481. The van der Waals surface area contributed by atoms with Gasteiger partial charge in [-0.15, -0.1) is 0 Å². The molecule has 0 radical (unpaired) electrons. The van der Waals surface area contributed by atoms with Crippen LogP contribution in [0.2, 0.25) is 5.02 Å². The van der Waals surface area contributed by atoms with E-state index < -0.39 is 5.91 Å². The number of hydrogen-bond acceptors (Lipinski definition) is 4. The van der Waals surface area contributed by atoms with Crippen LogP contribution in [-0.4, -0.2) is 36.7 Å². The zero-order valence-electron chi connectivity index (χ0n) is 11.6. The molecule has 20 heavy (non-hydrogen) atoms. The Balaban J connectivity index is 2.08. The standard InChI is InChI=1S/C14H20ClN3O2/c1-2-6-20-11-4-3-5-18(9-11)14-12(15)7-10(8-17-14)13(16)19/h7-8,11H,2-6,9H2,1H3,(H2,16,19)/t11-/m1/s1. The summed E-state index contributed by atoms with van der Waals surface area (Å²) in [6, 6.07) is 1.57. The summed E-state index contributed by atoms with van der Waals surface area (Å²) in [7, 11) is 0. The number of anilines is 1. The molecular formula is C14H20ClN3O2. The number of piperidine rings is 1. The van der Waals surface area contributed by atoms with Gasteiger partial charge in [-0.1, -0.05) is 18.5 Å². The normalized spacial score (nSPS) is 19.1.